The van der Waals surface area contributed by atoms with Gasteiger partial charge in [-0.2, -0.15) is 17.5 Å². The maximum Gasteiger partial charge on any atom is 0.416 e. The molecule has 0 amide bonds. The summed E-state index contributed by atoms with van der Waals surface area (Å²) in [6.07, 6.45) is -2.96. The van der Waals surface area contributed by atoms with Crippen LogP contribution in [-0.2, 0) is 12.7 Å². The van der Waals surface area contributed by atoms with Gasteiger partial charge in [0.05, 0.1) is 17.4 Å². The van der Waals surface area contributed by atoms with Gasteiger partial charge in [0.25, 0.3) is 0 Å². The highest BCUT2D eigenvalue weighted by molar-refractivity contribution is 7.04. The standard InChI is InChI=1S/C11H8F4N2S/c12-10-3-8(11(13,14)15)2-1-7(10)4-16-9-5-17-18-6-9/h1-3,5-6,16H,4H2. The molecule has 0 aliphatic rings. The fourth-order valence-corrected chi connectivity index (χ4v) is 1.85. The van der Waals surface area contributed by atoms with E-state index in [1.165, 1.54) is 11.5 Å². The highest BCUT2D eigenvalue weighted by Gasteiger charge is 2.31. The molecule has 0 unspecified atom stereocenters. The predicted molar refractivity (Wildman–Crippen MR) is 60.8 cm³/mol. The summed E-state index contributed by atoms with van der Waals surface area (Å²) in [5.41, 5.74) is -0.102. The third-order valence-corrected chi connectivity index (χ3v) is 2.88. The minimum atomic E-state index is -4.52. The Morgan fingerprint density at radius 2 is 2.06 bits per heavy atom. The first-order valence-electron chi connectivity index (χ1n) is 4.95. The van der Waals surface area contributed by atoms with E-state index in [2.05, 4.69) is 9.69 Å². The number of alkyl halides is 3. The second-order valence-electron chi connectivity index (χ2n) is 3.57. The molecule has 1 aromatic carbocycles. The number of benzene rings is 1. The smallest absolute Gasteiger partial charge is 0.379 e. The molecule has 1 N–H and O–H groups in total. The van der Waals surface area contributed by atoms with Crippen LogP contribution in [0, 0.1) is 5.82 Å². The molecule has 0 saturated carbocycles. The molecule has 1 aromatic heterocycles. The number of anilines is 1. The van der Waals surface area contributed by atoms with Gasteiger partial charge in [0.15, 0.2) is 0 Å². The SMILES string of the molecule is Fc1cc(C(F)(F)F)ccc1CNc1cnsc1. The maximum atomic E-state index is 13.5. The molecule has 0 aliphatic carbocycles. The monoisotopic (exact) mass is 276 g/mol. The van der Waals surface area contributed by atoms with Crippen molar-refractivity contribution in [1.29, 1.82) is 0 Å². The van der Waals surface area contributed by atoms with Crippen LogP contribution in [0.1, 0.15) is 11.1 Å². The van der Waals surface area contributed by atoms with E-state index in [1.807, 2.05) is 0 Å². The van der Waals surface area contributed by atoms with Crippen LogP contribution in [0.25, 0.3) is 0 Å². The average molecular weight is 276 g/mol. The van der Waals surface area contributed by atoms with Crippen LogP contribution in [0.4, 0.5) is 23.2 Å². The number of hydrogen-bond donors (Lipinski definition) is 1. The van der Waals surface area contributed by atoms with E-state index in [0.717, 1.165) is 12.1 Å². The lowest BCUT2D eigenvalue weighted by atomic mass is 10.1. The van der Waals surface area contributed by atoms with Gasteiger partial charge in [-0.3, -0.25) is 0 Å². The molecule has 2 nitrogen and oxygen atoms in total. The molecule has 0 bridgehead atoms. The fraction of sp³-hybridized carbons (Fsp3) is 0.182. The Hall–Kier alpha value is -1.63. The van der Waals surface area contributed by atoms with Crippen LogP contribution in [0.2, 0.25) is 0 Å². The summed E-state index contributed by atoms with van der Waals surface area (Å²) in [7, 11) is 0. The Labute approximate surface area is 104 Å². The van der Waals surface area contributed by atoms with Crippen LogP contribution >= 0.6 is 11.5 Å². The van der Waals surface area contributed by atoms with Crippen molar-refractivity contribution in [2.45, 2.75) is 12.7 Å². The van der Waals surface area contributed by atoms with Gasteiger partial charge in [-0.15, -0.1) is 0 Å². The summed E-state index contributed by atoms with van der Waals surface area (Å²) in [6.45, 7) is 0.113. The highest BCUT2D eigenvalue weighted by atomic mass is 32.1. The van der Waals surface area contributed by atoms with Gasteiger partial charge >= 0.3 is 6.18 Å². The van der Waals surface area contributed by atoms with Crippen molar-refractivity contribution < 1.29 is 17.6 Å². The number of rotatable bonds is 3. The Balaban J connectivity index is 2.10. The summed E-state index contributed by atoms with van der Waals surface area (Å²) in [4.78, 5) is 0. The maximum absolute atomic E-state index is 13.5. The van der Waals surface area contributed by atoms with Crippen molar-refractivity contribution in [3.05, 3.63) is 46.7 Å². The zero-order valence-electron chi connectivity index (χ0n) is 8.96. The fourth-order valence-electron chi connectivity index (χ4n) is 1.36. The lowest BCUT2D eigenvalue weighted by Crippen LogP contribution is -2.07. The molecule has 1 heterocycles. The van der Waals surface area contributed by atoms with Crippen LogP contribution < -0.4 is 5.32 Å². The first-order chi connectivity index (χ1) is 8.47. The first kappa shape index (κ1) is 12.8. The van der Waals surface area contributed by atoms with Gasteiger partial charge < -0.3 is 5.32 Å². The van der Waals surface area contributed by atoms with Gasteiger partial charge in [0.1, 0.15) is 5.82 Å². The molecular formula is C11H8F4N2S. The van der Waals surface area contributed by atoms with E-state index in [1.54, 1.807) is 11.6 Å². The van der Waals surface area contributed by atoms with E-state index in [-0.39, 0.29) is 12.1 Å². The molecule has 2 rings (SSSR count). The average Bonchev–Trinajstić information content (AvgIpc) is 2.79. The van der Waals surface area contributed by atoms with E-state index in [0.29, 0.717) is 11.8 Å². The number of halogens is 4. The van der Waals surface area contributed by atoms with Gasteiger partial charge in [0, 0.05) is 17.5 Å². The van der Waals surface area contributed by atoms with Crippen LogP contribution in [0.5, 0.6) is 0 Å². The number of aromatic nitrogens is 1. The topological polar surface area (TPSA) is 24.9 Å². The van der Waals surface area contributed by atoms with Gasteiger partial charge in [-0.1, -0.05) is 6.07 Å². The molecule has 0 aliphatic heterocycles. The third-order valence-electron chi connectivity index (χ3n) is 2.30. The molecule has 2 aromatic rings. The molecule has 0 saturated heterocycles. The van der Waals surface area contributed by atoms with Crippen LogP contribution in [0.15, 0.2) is 29.8 Å². The predicted octanol–water partition coefficient (Wildman–Crippen LogP) is 3.91. The number of nitrogens with zero attached hydrogens (tertiary/aromatic N) is 1. The van der Waals surface area contributed by atoms with Crippen molar-refractivity contribution in [2.75, 3.05) is 5.32 Å². The molecule has 0 atom stereocenters. The molecule has 0 spiro atoms. The zero-order valence-corrected chi connectivity index (χ0v) is 9.78. The van der Waals surface area contributed by atoms with E-state index < -0.39 is 17.6 Å². The highest BCUT2D eigenvalue weighted by Crippen LogP contribution is 2.30. The second kappa shape index (κ2) is 4.93. The van der Waals surface area contributed by atoms with Crippen molar-refractivity contribution in [3.63, 3.8) is 0 Å². The molecule has 18 heavy (non-hydrogen) atoms. The molecule has 96 valence electrons. The summed E-state index contributed by atoms with van der Waals surface area (Å²) in [5, 5.41) is 4.59. The lowest BCUT2D eigenvalue weighted by molar-refractivity contribution is -0.137. The Bertz CT molecular complexity index is 522. The first-order valence-corrected chi connectivity index (χ1v) is 5.79. The Morgan fingerprint density at radius 3 is 2.61 bits per heavy atom. The van der Waals surface area contributed by atoms with Crippen molar-refractivity contribution in [2.24, 2.45) is 0 Å². The Morgan fingerprint density at radius 1 is 1.28 bits per heavy atom. The summed E-state index contributed by atoms with van der Waals surface area (Å²) in [5.74, 6) is -0.875. The molecule has 0 fully saturated rings. The molecule has 0 radical (unpaired) electrons. The van der Waals surface area contributed by atoms with Crippen molar-refractivity contribution in [1.82, 2.24) is 4.37 Å². The van der Waals surface area contributed by atoms with Crippen LogP contribution in [0.3, 0.4) is 0 Å². The third kappa shape index (κ3) is 2.98. The zero-order chi connectivity index (χ0) is 13.2. The van der Waals surface area contributed by atoms with E-state index >= 15 is 0 Å². The normalized spacial score (nSPS) is 11.6. The summed E-state index contributed by atoms with van der Waals surface area (Å²) >= 11 is 1.23. The van der Waals surface area contributed by atoms with Gasteiger partial charge in [0.2, 0.25) is 0 Å². The minimum Gasteiger partial charge on any atom is -0.379 e. The summed E-state index contributed by atoms with van der Waals surface area (Å²) < 4.78 is 54.3. The van der Waals surface area contributed by atoms with Crippen molar-refractivity contribution in [3.8, 4) is 0 Å². The van der Waals surface area contributed by atoms with Gasteiger partial charge in [-0.05, 0) is 23.7 Å². The second-order valence-corrected chi connectivity index (χ2v) is 4.23. The number of hydrogen-bond acceptors (Lipinski definition) is 3. The minimum absolute atomic E-state index is 0.113. The lowest BCUT2D eigenvalue weighted by Gasteiger charge is -2.09. The number of nitrogens with one attached hydrogen (secondary N) is 1. The quantitative estimate of drug-likeness (QED) is 0.860. The Kier molecular flexibility index (Phi) is 3.51. The largest absolute Gasteiger partial charge is 0.416 e. The van der Waals surface area contributed by atoms with Gasteiger partial charge in [-0.25, -0.2) is 4.39 Å². The van der Waals surface area contributed by atoms with Crippen molar-refractivity contribution >= 4 is 17.2 Å². The molecular weight excluding hydrogens is 268 g/mol. The van der Waals surface area contributed by atoms with E-state index in [4.69, 9.17) is 0 Å². The summed E-state index contributed by atoms with van der Waals surface area (Å²) in [6, 6.07) is 2.50. The molecule has 7 heteroatoms. The van der Waals surface area contributed by atoms with E-state index in [9.17, 15) is 17.6 Å². The van der Waals surface area contributed by atoms with Crippen LogP contribution in [-0.4, -0.2) is 4.37 Å².